The Morgan fingerprint density at radius 2 is 1.18 bits per heavy atom. The minimum Gasteiger partial charge on any atom is -0.478 e. The van der Waals surface area contributed by atoms with E-state index in [-0.39, 0.29) is 12.5 Å². The molecule has 1 amide bonds. The van der Waals surface area contributed by atoms with Gasteiger partial charge in [-0.25, -0.2) is 4.79 Å². The van der Waals surface area contributed by atoms with E-state index in [9.17, 15) is 14.7 Å². The Hall–Kier alpha value is -3.74. The van der Waals surface area contributed by atoms with E-state index >= 15 is 0 Å². The highest BCUT2D eigenvalue weighted by atomic mass is 16.5. The van der Waals surface area contributed by atoms with Crippen LogP contribution in [0.1, 0.15) is 121 Å². The molecule has 4 aliphatic rings. The van der Waals surface area contributed by atoms with E-state index in [1.165, 1.54) is 71.9 Å². The SMILES string of the molecule is CCN(CCCCO)C(=O)c1ccc2c(c1)c1c(n2C)CCC(C2CCOCC2)C1.CCNCCCCO.Cn1c2c(c3cc(C(=O)O)ccc31)CC(C1CCOCC1)CC2. The van der Waals surface area contributed by atoms with Crippen molar-refractivity contribution in [3.63, 3.8) is 0 Å². The number of nitrogens with zero attached hydrogens (tertiary/aromatic N) is 3. The molecule has 2 fully saturated rings. The normalized spacial score (nSPS) is 19.4. The number of ether oxygens (including phenoxy) is 2. The van der Waals surface area contributed by atoms with Gasteiger partial charge in [0.1, 0.15) is 0 Å². The van der Waals surface area contributed by atoms with Crippen LogP contribution in [0.5, 0.6) is 0 Å². The molecule has 4 aromatic rings. The van der Waals surface area contributed by atoms with E-state index in [1.54, 1.807) is 6.07 Å². The first-order valence-electron chi connectivity index (χ1n) is 23.5. The number of rotatable bonds is 14. The number of aromatic nitrogens is 2. The highest BCUT2D eigenvalue weighted by Gasteiger charge is 2.32. The predicted octanol–water partition coefficient (Wildman–Crippen LogP) is 7.72. The number of carboxylic acid groups (broad SMARTS) is 1. The monoisotopic (exact) mass is 843 g/mol. The van der Waals surface area contributed by atoms with Gasteiger partial charge in [-0.15, -0.1) is 0 Å². The van der Waals surface area contributed by atoms with Crippen LogP contribution in [0.25, 0.3) is 21.8 Å². The molecule has 336 valence electrons. The Kier molecular flexibility index (Phi) is 17.7. The van der Waals surface area contributed by atoms with Crippen LogP contribution in [0.3, 0.4) is 0 Å². The molecule has 2 unspecified atom stereocenters. The number of carbonyl (C=O) groups is 2. The minimum atomic E-state index is -0.846. The lowest BCUT2D eigenvalue weighted by Crippen LogP contribution is -2.31. The van der Waals surface area contributed by atoms with E-state index in [0.29, 0.717) is 31.2 Å². The van der Waals surface area contributed by atoms with Gasteiger partial charge in [0, 0.05) is 106 Å². The highest BCUT2D eigenvalue weighted by molar-refractivity contribution is 5.99. The molecule has 0 saturated carbocycles. The van der Waals surface area contributed by atoms with E-state index in [4.69, 9.17) is 19.7 Å². The van der Waals surface area contributed by atoms with Gasteiger partial charge in [0.15, 0.2) is 0 Å². The fourth-order valence-electron chi connectivity index (χ4n) is 10.6. The lowest BCUT2D eigenvalue weighted by Gasteiger charge is -2.33. The van der Waals surface area contributed by atoms with Gasteiger partial charge in [-0.3, -0.25) is 4.79 Å². The molecule has 0 bridgehead atoms. The lowest BCUT2D eigenvalue weighted by atomic mass is 9.75. The number of aliphatic hydroxyl groups excluding tert-OH is 2. The summed E-state index contributed by atoms with van der Waals surface area (Å²) in [5.74, 6) is 2.24. The molecule has 2 saturated heterocycles. The van der Waals surface area contributed by atoms with Gasteiger partial charge in [-0.1, -0.05) is 6.92 Å². The molecule has 0 radical (unpaired) electrons. The molecule has 2 aliphatic heterocycles. The minimum absolute atomic E-state index is 0.103. The number of fused-ring (bicyclic) bond motifs is 6. The second-order valence-electron chi connectivity index (χ2n) is 17.7. The summed E-state index contributed by atoms with van der Waals surface area (Å²) in [6.45, 7) is 11.7. The Labute approximate surface area is 363 Å². The molecule has 2 aromatic carbocycles. The number of unbranched alkanes of at least 4 members (excludes halogenated alkanes) is 2. The summed E-state index contributed by atoms with van der Waals surface area (Å²) < 4.78 is 15.7. The van der Waals surface area contributed by atoms with Crippen molar-refractivity contribution < 1.29 is 34.4 Å². The largest absolute Gasteiger partial charge is 0.478 e. The summed E-state index contributed by atoms with van der Waals surface area (Å²) in [6, 6.07) is 11.8. The van der Waals surface area contributed by atoms with Crippen LogP contribution in [-0.2, 0) is 49.3 Å². The number of carboxylic acids is 1. The van der Waals surface area contributed by atoms with Gasteiger partial charge in [0.25, 0.3) is 5.91 Å². The summed E-state index contributed by atoms with van der Waals surface area (Å²) in [5, 5.41) is 32.2. The first-order valence-corrected chi connectivity index (χ1v) is 23.5. The summed E-state index contributed by atoms with van der Waals surface area (Å²) >= 11 is 0. The maximum absolute atomic E-state index is 13.1. The van der Waals surface area contributed by atoms with Crippen molar-refractivity contribution in [1.82, 2.24) is 19.4 Å². The maximum Gasteiger partial charge on any atom is 0.335 e. The Balaban J connectivity index is 0.000000177. The Morgan fingerprint density at radius 1 is 0.689 bits per heavy atom. The number of aromatic carboxylic acids is 1. The highest BCUT2D eigenvalue weighted by Crippen LogP contribution is 2.41. The Bertz CT molecular complexity index is 2020. The van der Waals surface area contributed by atoms with Crippen molar-refractivity contribution in [3.05, 3.63) is 70.0 Å². The molecule has 2 aromatic heterocycles. The van der Waals surface area contributed by atoms with Gasteiger partial charge in [0.05, 0.1) is 5.56 Å². The third kappa shape index (κ3) is 11.5. The topological polar surface area (TPSA) is 138 Å². The third-order valence-electron chi connectivity index (χ3n) is 14.2. The molecule has 8 rings (SSSR count). The second-order valence-corrected chi connectivity index (χ2v) is 17.7. The molecule has 4 N–H and O–H groups in total. The van der Waals surface area contributed by atoms with E-state index in [1.807, 2.05) is 30.0 Å². The van der Waals surface area contributed by atoms with Crippen LogP contribution in [0.4, 0.5) is 0 Å². The smallest absolute Gasteiger partial charge is 0.335 e. The van der Waals surface area contributed by atoms with Gasteiger partial charge < -0.3 is 44.1 Å². The number of aryl methyl sites for hydroxylation is 2. The molecule has 0 spiro atoms. The molecule has 2 atom stereocenters. The summed E-state index contributed by atoms with van der Waals surface area (Å²) in [7, 11) is 4.28. The van der Waals surface area contributed by atoms with Gasteiger partial charge in [0.2, 0.25) is 0 Å². The second kappa shape index (κ2) is 23.1. The zero-order valence-corrected chi connectivity index (χ0v) is 37.6. The van der Waals surface area contributed by atoms with E-state index in [2.05, 4.69) is 47.6 Å². The molecule has 11 heteroatoms. The quantitative estimate of drug-likeness (QED) is 0.0948. The molecule has 4 heterocycles. The predicted molar refractivity (Wildman–Crippen MR) is 244 cm³/mol. The number of hydrogen-bond donors (Lipinski definition) is 4. The van der Waals surface area contributed by atoms with E-state index in [0.717, 1.165) is 125 Å². The number of nitrogens with one attached hydrogen (secondary N) is 1. The van der Waals surface area contributed by atoms with Crippen molar-refractivity contribution in [1.29, 1.82) is 0 Å². The molecular weight excluding hydrogens is 769 g/mol. The number of amides is 1. The van der Waals surface area contributed by atoms with Crippen molar-refractivity contribution in [2.45, 2.75) is 104 Å². The molecule has 11 nitrogen and oxygen atoms in total. The maximum atomic E-state index is 13.1. The number of hydrogen-bond acceptors (Lipinski definition) is 7. The number of aliphatic hydroxyl groups is 2. The zero-order chi connectivity index (χ0) is 43.3. The number of carbonyl (C=O) groups excluding carboxylic acids is 1. The van der Waals surface area contributed by atoms with Crippen LogP contribution in [0.2, 0.25) is 0 Å². The fraction of sp³-hybridized carbons (Fsp3) is 0.640. The Morgan fingerprint density at radius 3 is 1.66 bits per heavy atom. The van der Waals surface area contributed by atoms with Crippen molar-refractivity contribution >= 4 is 33.7 Å². The average Bonchev–Trinajstić information content (AvgIpc) is 3.75. The fourth-order valence-corrected chi connectivity index (χ4v) is 10.6. The number of benzene rings is 2. The van der Waals surface area contributed by atoms with Crippen molar-refractivity contribution in [3.8, 4) is 0 Å². The van der Waals surface area contributed by atoms with Gasteiger partial charge in [-0.2, -0.15) is 0 Å². The van der Waals surface area contributed by atoms with Crippen LogP contribution in [0, 0.1) is 23.7 Å². The molecule has 2 aliphatic carbocycles. The summed E-state index contributed by atoms with van der Waals surface area (Å²) in [6.07, 6.45) is 15.3. The van der Waals surface area contributed by atoms with Crippen LogP contribution in [-0.4, -0.2) is 107 Å². The first-order chi connectivity index (χ1) is 29.7. The van der Waals surface area contributed by atoms with Crippen LogP contribution >= 0.6 is 0 Å². The van der Waals surface area contributed by atoms with E-state index < -0.39 is 5.97 Å². The zero-order valence-electron chi connectivity index (χ0n) is 37.6. The molecular formula is C50H74N4O7. The molecule has 61 heavy (non-hydrogen) atoms. The first kappa shape index (κ1) is 46.8. The van der Waals surface area contributed by atoms with Crippen LogP contribution in [0.15, 0.2) is 36.4 Å². The van der Waals surface area contributed by atoms with Crippen LogP contribution < -0.4 is 5.32 Å². The average molecular weight is 843 g/mol. The summed E-state index contributed by atoms with van der Waals surface area (Å²) in [4.78, 5) is 26.4. The lowest BCUT2D eigenvalue weighted by molar-refractivity contribution is 0.0438. The van der Waals surface area contributed by atoms with Crippen molar-refractivity contribution in [2.75, 3.05) is 65.8 Å². The van der Waals surface area contributed by atoms with Crippen molar-refractivity contribution in [2.24, 2.45) is 37.8 Å². The van der Waals surface area contributed by atoms with Gasteiger partial charge >= 0.3 is 5.97 Å². The standard InChI is InChI=1S/C25H36N2O3.C19H23NO3.C6H15NO/c1-3-27(12-4-5-13-28)25(29)20-7-9-24-22(17-20)21-16-19(6-8-23(21)26(24)2)18-10-14-30-15-11-18;1-20-17-4-2-13(12-6-8-23-9-7-12)10-15(17)16-11-14(19(21)22)3-5-18(16)20;1-2-7-5-3-4-6-8/h7,9,17-19,28H,3-6,8,10-16H2,1-2H3;3,5,11-13H,2,4,6-10H2,1H3,(H,21,22);7-8H,2-6H2,1H3. The summed E-state index contributed by atoms with van der Waals surface area (Å²) in [5.41, 5.74) is 9.27. The third-order valence-corrected chi connectivity index (χ3v) is 14.2. The van der Waals surface area contributed by atoms with Gasteiger partial charge in [-0.05, 0) is 181 Å².